The molecular formula is C20H31N. The molecule has 2 aliphatic rings. The van der Waals surface area contributed by atoms with E-state index in [1.807, 2.05) is 0 Å². The molecule has 2 saturated carbocycles. The Morgan fingerprint density at radius 2 is 1.86 bits per heavy atom. The van der Waals surface area contributed by atoms with Gasteiger partial charge in [0.25, 0.3) is 0 Å². The lowest BCUT2D eigenvalue weighted by Gasteiger charge is -2.38. The predicted molar refractivity (Wildman–Crippen MR) is 90.6 cm³/mol. The Labute approximate surface area is 130 Å². The molecule has 21 heavy (non-hydrogen) atoms. The van der Waals surface area contributed by atoms with Gasteiger partial charge < -0.3 is 5.32 Å². The summed E-state index contributed by atoms with van der Waals surface area (Å²) >= 11 is 0. The molecule has 0 aliphatic heterocycles. The second-order valence-electron chi connectivity index (χ2n) is 7.47. The van der Waals surface area contributed by atoms with E-state index in [1.54, 1.807) is 5.56 Å². The summed E-state index contributed by atoms with van der Waals surface area (Å²) < 4.78 is 0. The van der Waals surface area contributed by atoms with Crippen molar-refractivity contribution in [3.8, 4) is 0 Å². The highest BCUT2D eigenvalue weighted by molar-refractivity contribution is 5.24. The van der Waals surface area contributed by atoms with Crippen molar-refractivity contribution in [3.63, 3.8) is 0 Å². The van der Waals surface area contributed by atoms with Crippen LogP contribution in [0.5, 0.6) is 0 Å². The third kappa shape index (κ3) is 3.18. The molecule has 2 bridgehead atoms. The molecule has 2 aliphatic carbocycles. The highest BCUT2D eigenvalue weighted by atomic mass is 14.9. The molecule has 1 N–H and O–H groups in total. The number of benzene rings is 1. The van der Waals surface area contributed by atoms with Gasteiger partial charge in [-0.15, -0.1) is 0 Å². The minimum absolute atomic E-state index is 0.547. The van der Waals surface area contributed by atoms with Gasteiger partial charge in [-0.05, 0) is 73.4 Å². The molecule has 0 amide bonds. The van der Waals surface area contributed by atoms with Crippen LogP contribution in [0.15, 0.2) is 24.3 Å². The number of hydrogen-bond donors (Lipinski definition) is 1. The Morgan fingerprint density at radius 3 is 2.43 bits per heavy atom. The minimum Gasteiger partial charge on any atom is -0.316 e. The molecule has 3 unspecified atom stereocenters. The maximum atomic E-state index is 3.75. The summed E-state index contributed by atoms with van der Waals surface area (Å²) in [6, 6.07) is 9.42. The van der Waals surface area contributed by atoms with Crippen LogP contribution < -0.4 is 5.32 Å². The Morgan fingerprint density at radius 1 is 1.10 bits per heavy atom. The normalized spacial score (nSPS) is 31.0. The second-order valence-corrected chi connectivity index (χ2v) is 7.47. The van der Waals surface area contributed by atoms with Crippen LogP contribution in [0.2, 0.25) is 0 Å². The van der Waals surface area contributed by atoms with Gasteiger partial charge in [-0.1, -0.05) is 44.5 Å². The lowest BCUT2D eigenvalue weighted by molar-refractivity contribution is 0.156. The fourth-order valence-electron chi connectivity index (χ4n) is 4.87. The van der Waals surface area contributed by atoms with Crippen LogP contribution >= 0.6 is 0 Å². The first kappa shape index (κ1) is 15.1. The highest BCUT2D eigenvalue weighted by Gasteiger charge is 2.50. The molecule has 0 saturated heterocycles. The molecule has 3 rings (SSSR count). The number of rotatable bonds is 7. The standard InChI is InChI=1S/C20H31N/c1-3-11-21-15-20(14-18-9-10-19(20)12-18)13-17-7-5-16(4-2)6-8-17/h5-8,18-19,21H,3-4,9-15H2,1-2H3. The van der Waals surface area contributed by atoms with Crippen LogP contribution in [0.1, 0.15) is 57.1 Å². The Balaban J connectivity index is 1.72. The van der Waals surface area contributed by atoms with Gasteiger partial charge in [0.05, 0.1) is 0 Å². The molecule has 1 heteroatoms. The van der Waals surface area contributed by atoms with Gasteiger partial charge in [0.1, 0.15) is 0 Å². The van der Waals surface area contributed by atoms with E-state index in [1.165, 1.54) is 57.2 Å². The zero-order valence-corrected chi connectivity index (χ0v) is 13.8. The lowest BCUT2D eigenvalue weighted by atomic mass is 9.69. The number of aryl methyl sites for hydroxylation is 1. The molecule has 0 aromatic heterocycles. The summed E-state index contributed by atoms with van der Waals surface area (Å²) in [6.07, 6.45) is 9.61. The number of fused-ring (bicyclic) bond motifs is 2. The maximum Gasteiger partial charge on any atom is 0.00138 e. The average Bonchev–Trinajstić information content (AvgIpc) is 3.09. The monoisotopic (exact) mass is 285 g/mol. The predicted octanol–water partition coefficient (Wildman–Crippen LogP) is 4.60. The Hall–Kier alpha value is -0.820. The van der Waals surface area contributed by atoms with Crippen LogP contribution in [0.3, 0.4) is 0 Å². The van der Waals surface area contributed by atoms with Crippen molar-refractivity contribution >= 4 is 0 Å². The zero-order chi connectivity index (χ0) is 14.7. The largest absolute Gasteiger partial charge is 0.316 e. The van der Waals surface area contributed by atoms with Crippen LogP contribution in [-0.4, -0.2) is 13.1 Å². The molecule has 0 spiro atoms. The third-order valence-corrected chi connectivity index (χ3v) is 5.99. The van der Waals surface area contributed by atoms with E-state index in [4.69, 9.17) is 0 Å². The molecule has 116 valence electrons. The molecule has 3 atom stereocenters. The van der Waals surface area contributed by atoms with Crippen molar-refractivity contribution in [2.45, 2.75) is 58.8 Å². The second kappa shape index (κ2) is 6.52. The Bertz CT molecular complexity index is 449. The topological polar surface area (TPSA) is 12.0 Å². The molecule has 1 nitrogen and oxygen atoms in total. The number of hydrogen-bond acceptors (Lipinski definition) is 1. The third-order valence-electron chi connectivity index (χ3n) is 5.99. The number of nitrogens with one attached hydrogen (secondary N) is 1. The molecular weight excluding hydrogens is 254 g/mol. The summed E-state index contributed by atoms with van der Waals surface area (Å²) in [5, 5.41) is 3.75. The fraction of sp³-hybridized carbons (Fsp3) is 0.700. The molecule has 2 fully saturated rings. The minimum atomic E-state index is 0.547. The summed E-state index contributed by atoms with van der Waals surface area (Å²) in [5.74, 6) is 1.99. The van der Waals surface area contributed by atoms with Crippen molar-refractivity contribution in [1.29, 1.82) is 0 Å². The molecule has 1 aromatic carbocycles. The van der Waals surface area contributed by atoms with E-state index >= 15 is 0 Å². The first-order valence-electron chi connectivity index (χ1n) is 9.04. The van der Waals surface area contributed by atoms with E-state index in [0.717, 1.165) is 18.3 Å². The SMILES string of the molecule is CCCNCC1(Cc2ccc(CC)cc2)CC2CCC1C2. The molecule has 1 aromatic rings. The van der Waals surface area contributed by atoms with E-state index in [2.05, 4.69) is 43.4 Å². The summed E-state index contributed by atoms with van der Waals surface area (Å²) in [4.78, 5) is 0. The smallest absolute Gasteiger partial charge is 0.00138 e. The van der Waals surface area contributed by atoms with Crippen molar-refractivity contribution in [3.05, 3.63) is 35.4 Å². The quantitative estimate of drug-likeness (QED) is 0.722. The molecule has 0 radical (unpaired) electrons. The lowest BCUT2D eigenvalue weighted by Crippen LogP contribution is -2.40. The van der Waals surface area contributed by atoms with Crippen LogP contribution in [0.25, 0.3) is 0 Å². The van der Waals surface area contributed by atoms with Crippen LogP contribution in [-0.2, 0) is 12.8 Å². The van der Waals surface area contributed by atoms with E-state index < -0.39 is 0 Å². The van der Waals surface area contributed by atoms with E-state index in [0.29, 0.717) is 5.41 Å². The van der Waals surface area contributed by atoms with Crippen LogP contribution in [0, 0.1) is 17.3 Å². The van der Waals surface area contributed by atoms with Crippen molar-refractivity contribution in [2.75, 3.05) is 13.1 Å². The van der Waals surface area contributed by atoms with Gasteiger partial charge in [-0.3, -0.25) is 0 Å². The summed E-state index contributed by atoms with van der Waals surface area (Å²) in [5.41, 5.74) is 3.56. The highest BCUT2D eigenvalue weighted by Crippen LogP contribution is 2.57. The van der Waals surface area contributed by atoms with E-state index in [-0.39, 0.29) is 0 Å². The summed E-state index contributed by atoms with van der Waals surface area (Å²) in [7, 11) is 0. The van der Waals surface area contributed by atoms with Crippen LogP contribution in [0.4, 0.5) is 0 Å². The van der Waals surface area contributed by atoms with Gasteiger partial charge in [0.15, 0.2) is 0 Å². The average molecular weight is 285 g/mol. The zero-order valence-electron chi connectivity index (χ0n) is 13.8. The van der Waals surface area contributed by atoms with Crippen molar-refractivity contribution in [2.24, 2.45) is 17.3 Å². The van der Waals surface area contributed by atoms with Gasteiger partial charge in [0, 0.05) is 6.54 Å². The van der Waals surface area contributed by atoms with Crippen molar-refractivity contribution < 1.29 is 0 Å². The van der Waals surface area contributed by atoms with Gasteiger partial charge in [-0.2, -0.15) is 0 Å². The van der Waals surface area contributed by atoms with Gasteiger partial charge >= 0.3 is 0 Å². The van der Waals surface area contributed by atoms with Gasteiger partial charge in [0.2, 0.25) is 0 Å². The summed E-state index contributed by atoms with van der Waals surface area (Å²) in [6.45, 7) is 6.91. The molecule has 0 heterocycles. The first-order chi connectivity index (χ1) is 10.3. The Kier molecular flexibility index (Phi) is 4.69. The van der Waals surface area contributed by atoms with E-state index in [9.17, 15) is 0 Å². The fourth-order valence-corrected chi connectivity index (χ4v) is 4.87. The maximum absolute atomic E-state index is 3.75. The first-order valence-corrected chi connectivity index (χ1v) is 9.04. The van der Waals surface area contributed by atoms with Crippen molar-refractivity contribution in [1.82, 2.24) is 5.32 Å². The van der Waals surface area contributed by atoms with Gasteiger partial charge in [-0.25, -0.2) is 0 Å².